The number of benzene rings is 1. The van der Waals surface area contributed by atoms with Crippen LogP contribution in [0.15, 0.2) is 22.7 Å². The van der Waals surface area contributed by atoms with Crippen LogP contribution in [-0.2, 0) is 10.2 Å². The molecule has 0 aliphatic heterocycles. The molecule has 0 amide bonds. The molecule has 1 aliphatic rings. The molecule has 5 heteroatoms. The molecular weight excluding hydrogens is 277 g/mol. The summed E-state index contributed by atoms with van der Waals surface area (Å²) in [6, 6.07) is 3.62. The quantitative estimate of drug-likeness (QED) is 0.894. The Kier molecular flexibility index (Phi) is 2.75. The lowest BCUT2D eigenvalue weighted by Gasteiger charge is -2.20. The van der Waals surface area contributed by atoms with Crippen LogP contribution in [0.5, 0.6) is 0 Å². The van der Waals surface area contributed by atoms with E-state index in [0.29, 0.717) is 4.47 Å². The van der Waals surface area contributed by atoms with Crippen molar-refractivity contribution in [2.75, 3.05) is 0 Å². The lowest BCUT2D eigenvalue weighted by Crippen LogP contribution is -2.41. The van der Waals surface area contributed by atoms with Gasteiger partial charge in [0.2, 0.25) is 0 Å². The second-order valence-corrected chi connectivity index (χ2v) is 4.96. The van der Waals surface area contributed by atoms with Crippen LogP contribution in [0.4, 0.5) is 4.39 Å². The second-order valence-electron chi connectivity index (χ2n) is 4.10. The van der Waals surface area contributed by atoms with Gasteiger partial charge in [-0.1, -0.05) is 6.07 Å². The third kappa shape index (κ3) is 1.74. The van der Waals surface area contributed by atoms with Crippen molar-refractivity contribution in [3.05, 3.63) is 34.1 Å². The van der Waals surface area contributed by atoms with E-state index in [9.17, 15) is 9.18 Å². The van der Waals surface area contributed by atoms with Crippen molar-refractivity contribution >= 4 is 21.9 Å². The predicted octanol–water partition coefficient (Wildman–Crippen LogP) is 2.03. The van der Waals surface area contributed by atoms with E-state index in [1.807, 2.05) is 0 Å². The van der Waals surface area contributed by atoms with Gasteiger partial charge in [0.25, 0.3) is 0 Å². The first-order valence-corrected chi connectivity index (χ1v) is 5.70. The Morgan fingerprint density at radius 1 is 1.56 bits per heavy atom. The van der Waals surface area contributed by atoms with Gasteiger partial charge in [-0.3, -0.25) is 4.79 Å². The molecule has 0 aromatic heterocycles. The van der Waals surface area contributed by atoms with Crippen molar-refractivity contribution in [3.8, 4) is 0 Å². The molecular formula is C11H11BrFNO2. The number of carboxylic acid groups (broad SMARTS) is 1. The maximum absolute atomic E-state index is 13.1. The van der Waals surface area contributed by atoms with Crippen molar-refractivity contribution in [1.82, 2.24) is 0 Å². The molecule has 2 rings (SSSR count). The lowest BCUT2D eigenvalue weighted by atomic mass is 9.88. The molecule has 1 fully saturated rings. The number of halogens is 2. The van der Waals surface area contributed by atoms with Gasteiger partial charge in [0.15, 0.2) is 0 Å². The molecule has 0 bridgehead atoms. The fraction of sp³-hybridized carbons (Fsp3) is 0.364. The molecule has 0 heterocycles. The van der Waals surface area contributed by atoms with Crippen molar-refractivity contribution in [1.29, 1.82) is 0 Å². The van der Waals surface area contributed by atoms with Crippen LogP contribution in [0.25, 0.3) is 0 Å². The van der Waals surface area contributed by atoms with Crippen LogP contribution in [0, 0.1) is 5.82 Å². The topological polar surface area (TPSA) is 63.3 Å². The second kappa shape index (κ2) is 3.82. The molecule has 3 nitrogen and oxygen atoms in total. The highest BCUT2D eigenvalue weighted by Gasteiger charge is 2.52. The van der Waals surface area contributed by atoms with E-state index >= 15 is 0 Å². The SMILES string of the molecule is NC(C(=O)O)C1(c2ccc(F)c(Br)c2)CC1. The van der Waals surface area contributed by atoms with Gasteiger partial charge in [0, 0.05) is 5.41 Å². The first-order chi connectivity index (χ1) is 7.47. The summed E-state index contributed by atoms with van der Waals surface area (Å²) in [5.74, 6) is -1.37. The largest absolute Gasteiger partial charge is 0.480 e. The molecule has 1 aromatic carbocycles. The van der Waals surface area contributed by atoms with E-state index in [4.69, 9.17) is 10.8 Å². The van der Waals surface area contributed by atoms with Gasteiger partial charge < -0.3 is 10.8 Å². The van der Waals surface area contributed by atoms with E-state index in [2.05, 4.69) is 15.9 Å². The Morgan fingerprint density at radius 2 is 2.19 bits per heavy atom. The normalized spacial score (nSPS) is 19.2. The number of nitrogens with two attached hydrogens (primary N) is 1. The monoisotopic (exact) mass is 287 g/mol. The summed E-state index contributed by atoms with van der Waals surface area (Å²) in [5.41, 5.74) is 5.94. The lowest BCUT2D eigenvalue weighted by molar-refractivity contribution is -0.139. The summed E-state index contributed by atoms with van der Waals surface area (Å²) in [6.45, 7) is 0. The van der Waals surface area contributed by atoms with E-state index in [-0.39, 0.29) is 5.82 Å². The molecule has 0 saturated heterocycles. The fourth-order valence-electron chi connectivity index (χ4n) is 1.96. The highest BCUT2D eigenvalue weighted by molar-refractivity contribution is 9.10. The number of hydrogen-bond acceptors (Lipinski definition) is 2. The minimum Gasteiger partial charge on any atom is -0.480 e. The van der Waals surface area contributed by atoms with Crippen LogP contribution < -0.4 is 5.73 Å². The summed E-state index contributed by atoms with van der Waals surface area (Å²) in [4.78, 5) is 10.9. The molecule has 0 spiro atoms. The zero-order valence-electron chi connectivity index (χ0n) is 8.41. The summed E-state index contributed by atoms with van der Waals surface area (Å²) in [6.07, 6.45) is 1.47. The van der Waals surface area contributed by atoms with Gasteiger partial charge >= 0.3 is 5.97 Å². The standard InChI is InChI=1S/C11H11BrFNO2/c12-7-5-6(1-2-8(7)13)11(3-4-11)9(14)10(15)16/h1-2,5,9H,3-4,14H2,(H,15,16). The van der Waals surface area contributed by atoms with Crippen LogP contribution in [0.3, 0.4) is 0 Å². The minimum atomic E-state index is -1.02. The average molecular weight is 288 g/mol. The van der Waals surface area contributed by atoms with E-state index in [1.54, 1.807) is 12.1 Å². The molecule has 1 aromatic rings. The molecule has 3 N–H and O–H groups in total. The van der Waals surface area contributed by atoms with Gasteiger partial charge in [0.05, 0.1) is 4.47 Å². The van der Waals surface area contributed by atoms with E-state index < -0.39 is 17.4 Å². The van der Waals surface area contributed by atoms with Crippen molar-refractivity contribution in [3.63, 3.8) is 0 Å². The molecule has 0 radical (unpaired) electrons. The Hall–Kier alpha value is -0.940. The summed E-state index contributed by atoms with van der Waals surface area (Å²) < 4.78 is 13.4. The van der Waals surface area contributed by atoms with Gasteiger partial charge in [-0.15, -0.1) is 0 Å². The number of carboxylic acids is 1. The van der Waals surface area contributed by atoms with Crippen LogP contribution >= 0.6 is 15.9 Å². The zero-order valence-corrected chi connectivity index (χ0v) is 10.00. The Bertz CT molecular complexity index is 446. The van der Waals surface area contributed by atoms with E-state index in [0.717, 1.165) is 18.4 Å². The zero-order chi connectivity index (χ0) is 11.9. The predicted molar refractivity (Wildman–Crippen MR) is 60.6 cm³/mol. The van der Waals surface area contributed by atoms with E-state index in [1.165, 1.54) is 6.07 Å². The van der Waals surface area contributed by atoms with Crippen molar-refractivity contribution in [2.45, 2.75) is 24.3 Å². The van der Waals surface area contributed by atoms with Crippen LogP contribution in [-0.4, -0.2) is 17.1 Å². The molecule has 1 saturated carbocycles. The number of rotatable bonds is 3. The summed E-state index contributed by atoms with van der Waals surface area (Å²) in [5, 5.41) is 8.93. The third-order valence-corrected chi connectivity index (χ3v) is 3.75. The van der Waals surface area contributed by atoms with Crippen molar-refractivity contribution in [2.24, 2.45) is 5.73 Å². The Morgan fingerprint density at radius 3 is 2.62 bits per heavy atom. The molecule has 16 heavy (non-hydrogen) atoms. The maximum Gasteiger partial charge on any atom is 0.321 e. The molecule has 1 unspecified atom stereocenters. The van der Waals surface area contributed by atoms with Gasteiger partial charge in [-0.25, -0.2) is 4.39 Å². The number of carbonyl (C=O) groups is 1. The number of aliphatic carboxylic acids is 1. The average Bonchev–Trinajstić information content (AvgIpc) is 3.02. The highest BCUT2D eigenvalue weighted by atomic mass is 79.9. The molecule has 1 aliphatic carbocycles. The van der Waals surface area contributed by atoms with Gasteiger partial charge in [-0.2, -0.15) is 0 Å². The summed E-state index contributed by atoms with van der Waals surface area (Å²) in [7, 11) is 0. The van der Waals surface area contributed by atoms with Gasteiger partial charge in [0.1, 0.15) is 11.9 Å². The first-order valence-electron chi connectivity index (χ1n) is 4.91. The molecule has 1 atom stereocenters. The van der Waals surface area contributed by atoms with Crippen LogP contribution in [0.2, 0.25) is 0 Å². The number of hydrogen-bond donors (Lipinski definition) is 2. The Labute approximate surface area is 101 Å². The van der Waals surface area contributed by atoms with Gasteiger partial charge in [-0.05, 0) is 46.5 Å². The van der Waals surface area contributed by atoms with Crippen LogP contribution in [0.1, 0.15) is 18.4 Å². The minimum absolute atomic E-state index is 0.342. The highest BCUT2D eigenvalue weighted by Crippen LogP contribution is 2.50. The smallest absolute Gasteiger partial charge is 0.321 e. The fourth-order valence-corrected chi connectivity index (χ4v) is 2.33. The maximum atomic E-state index is 13.1. The first kappa shape index (κ1) is 11.5. The molecule has 86 valence electrons. The Balaban J connectivity index is 2.37. The third-order valence-electron chi connectivity index (χ3n) is 3.14. The summed E-state index contributed by atoms with van der Waals surface area (Å²) >= 11 is 3.09. The van der Waals surface area contributed by atoms with Crippen molar-refractivity contribution < 1.29 is 14.3 Å².